The highest BCUT2D eigenvalue weighted by molar-refractivity contribution is 6.02. The van der Waals surface area contributed by atoms with Gasteiger partial charge in [0.2, 0.25) is 0 Å². The molecule has 0 amide bonds. The normalized spacial score (nSPS) is 21.6. The average Bonchev–Trinajstić information content (AvgIpc) is 2.79. The van der Waals surface area contributed by atoms with Crippen molar-refractivity contribution in [1.82, 2.24) is 10.6 Å². The van der Waals surface area contributed by atoms with E-state index in [-0.39, 0.29) is 5.48 Å². The first-order valence-corrected chi connectivity index (χ1v) is 11.8. The predicted octanol–water partition coefficient (Wildman–Crippen LogP) is 4.74. The molecule has 6 nitrogen and oxygen atoms in total. The standard InChI is InChI=1S/C23H34N4.C2H6.CH4O.H2O/c1-5-18-9-10-19(13-16(18)3)26-22-12-11-20(14-25-22)27-23-15(2)7-6-8-21(23)17(4)24;2*1-2;/h6-8,11-12,16,18-19,24-27H,5,9-10,13-14H2,1-4H3;1-2H3;2H,1H3;1H2/t16-,18+,19-;;;/m1.../s1. The van der Waals surface area contributed by atoms with Crippen LogP contribution in [0.2, 0.25) is 0 Å². The average molecular weight is 447 g/mol. The summed E-state index contributed by atoms with van der Waals surface area (Å²) in [5.41, 5.74) is 4.87. The summed E-state index contributed by atoms with van der Waals surface area (Å²) in [5.74, 6) is 2.83. The molecular formula is C26H46N4O2. The smallest absolute Gasteiger partial charge is 0.0992 e. The van der Waals surface area contributed by atoms with Gasteiger partial charge >= 0.3 is 0 Å². The van der Waals surface area contributed by atoms with Crippen LogP contribution < -0.4 is 16.0 Å². The minimum Gasteiger partial charge on any atom is -0.412 e. The lowest BCUT2D eigenvalue weighted by atomic mass is 9.77. The number of allylic oxidation sites excluding steroid dienone is 2. The van der Waals surface area contributed by atoms with E-state index in [1.165, 1.54) is 25.7 Å². The molecule has 3 rings (SSSR count). The lowest BCUT2D eigenvalue weighted by Crippen LogP contribution is -2.41. The zero-order valence-corrected chi connectivity index (χ0v) is 21.1. The van der Waals surface area contributed by atoms with Crippen molar-refractivity contribution in [1.29, 1.82) is 5.41 Å². The van der Waals surface area contributed by atoms with Crippen LogP contribution in [0.5, 0.6) is 0 Å². The van der Waals surface area contributed by atoms with E-state index in [2.05, 4.69) is 54.9 Å². The SMILES string of the molecule is CC.CC[C@H]1CC[C@@H](NC2=CC=C(Nc3c(C)cccc3C(C)=N)CN2)C[C@H]1C.CO.O. The highest BCUT2D eigenvalue weighted by Crippen LogP contribution is 2.32. The van der Waals surface area contributed by atoms with Gasteiger partial charge in [0.05, 0.1) is 18.1 Å². The highest BCUT2D eigenvalue weighted by Gasteiger charge is 2.26. The van der Waals surface area contributed by atoms with Crippen molar-refractivity contribution >= 4 is 11.4 Å². The third-order valence-electron chi connectivity index (χ3n) is 6.11. The monoisotopic (exact) mass is 446 g/mol. The summed E-state index contributed by atoms with van der Waals surface area (Å²) in [6.07, 6.45) is 9.46. The van der Waals surface area contributed by atoms with E-state index in [1.807, 2.05) is 32.9 Å². The Morgan fingerprint density at radius 1 is 1.19 bits per heavy atom. The molecule has 1 aliphatic heterocycles. The van der Waals surface area contributed by atoms with Crippen LogP contribution in [0.3, 0.4) is 0 Å². The highest BCUT2D eigenvalue weighted by atomic mass is 16.2. The number of rotatable bonds is 6. The Bertz CT molecular complexity index is 758. The first kappa shape index (κ1) is 29.7. The van der Waals surface area contributed by atoms with Crippen LogP contribution in [-0.4, -0.2) is 36.0 Å². The van der Waals surface area contributed by atoms with E-state index in [9.17, 15) is 0 Å². The molecule has 1 fully saturated rings. The van der Waals surface area contributed by atoms with Crippen molar-refractivity contribution in [3.63, 3.8) is 0 Å². The van der Waals surface area contributed by atoms with Crippen molar-refractivity contribution < 1.29 is 10.6 Å². The van der Waals surface area contributed by atoms with E-state index in [0.717, 1.165) is 53.8 Å². The number of dihydropyridines is 1. The van der Waals surface area contributed by atoms with Crippen molar-refractivity contribution in [2.45, 2.75) is 73.3 Å². The van der Waals surface area contributed by atoms with Crippen molar-refractivity contribution in [3.05, 3.63) is 53.0 Å². The van der Waals surface area contributed by atoms with Gasteiger partial charge in [-0.3, -0.25) is 0 Å². The summed E-state index contributed by atoms with van der Waals surface area (Å²) < 4.78 is 0. The quantitative estimate of drug-likeness (QED) is 0.406. The molecule has 0 aromatic heterocycles. The second-order valence-electron chi connectivity index (χ2n) is 8.17. The number of nitrogens with one attached hydrogen (secondary N) is 4. The molecule has 2 aliphatic rings. The van der Waals surface area contributed by atoms with E-state index >= 15 is 0 Å². The van der Waals surface area contributed by atoms with Crippen LogP contribution in [0.15, 0.2) is 41.9 Å². The lowest BCUT2D eigenvalue weighted by Gasteiger charge is -2.35. The predicted molar refractivity (Wildman–Crippen MR) is 138 cm³/mol. The number of aliphatic hydroxyl groups is 1. The molecule has 0 bridgehead atoms. The van der Waals surface area contributed by atoms with E-state index in [0.29, 0.717) is 11.8 Å². The first-order valence-electron chi connectivity index (χ1n) is 11.8. The van der Waals surface area contributed by atoms with Gasteiger partial charge in [0, 0.05) is 30.1 Å². The van der Waals surface area contributed by atoms with Gasteiger partial charge < -0.3 is 31.9 Å². The number of hydrogen-bond acceptors (Lipinski definition) is 5. The molecule has 1 heterocycles. The van der Waals surface area contributed by atoms with Crippen LogP contribution in [-0.2, 0) is 0 Å². The minimum atomic E-state index is 0. The molecule has 1 aromatic rings. The molecule has 182 valence electrons. The maximum atomic E-state index is 8.01. The fourth-order valence-corrected chi connectivity index (χ4v) is 4.40. The van der Waals surface area contributed by atoms with Crippen molar-refractivity contribution in [3.8, 4) is 0 Å². The summed E-state index contributed by atoms with van der Waals surface area (Å²) in [4.78, 5) is 0. The van der Waals surface area contributed by atoms with Gasteiger partial charge in [0.25, 0.3) is 0 Å². The van der Waals surface area contributed by atoms with E-state index in [4.69, 9.17) is 10.5 Å². The second kappa shape index (κ2) is 15.5. The van der Waals surface area contributed by atoms with Crippen LogP contribution in [0.1, 0.15) is 71.4 Å². The number of para-hydroxylation sites is 1. The molecule has 0 saturated heterocycles. The number of aryl methyl sites for hydroxylation is 1. The zero-order valence-electron chi connectivity index (χ0n) is 21.1. The fraction of sp³-hybridized carbons (Fsp3) is 0.577. The molecule has 1 saturated carbocycles. The maximum absolute atomic E-state index is 8.01. The van der Waals surface area contributed by atoms with E-state index in [1.54, 1.807) is 0 Å². The summed E-state index contributed by atoms with van der Waals surface area (Å²) in [6.45, 7) is 13.4. The summed E-state index contributed by atoms with van der Waals surface area (Å²) >= 11 is 0. The Morgan fingerprint density at radius 2 is 1.88 bits per heavy atom. The topological polar surface area (TPSA) is 112 Å². The Balaban J connectivity index is 0.00000182. The second-order valence-corrected chi connectivity index (χ2v) is 8.17. The number of benzene rings is 1. The fourth-order valence-electron chi connectivity index (χ4n) is 4.40. The van der Waals surface area contributed by atoms with Crippen molar-refractivity contribution in [2.75, 3.05) is 19.0 Å². The van der Waals surface area contributed by atoms with Crippen LogP contribution >= 0.6 is 0 Å². The molecule has 0 spiro atoms. The molecule has 0 radical (unpaired) electrons. The number of aliphatic hydroxyl groups excluding tert-OH is 1. The van der Waals surface area contributed by atoms with Gasteiger partial charge in [-0.15, -0.1) is 0 Å². The van der Waals surface area contributed by atoms with Crippen LogP contribution in [0, 0.1) is 24.2 Å². The van der Waals surface area contributed by atoms with Gasteiger partial charge in [0.15, 0.2) is 0 Å². The lowest BCUT2D eigenvalue weighted by molar-refractivity contribution is 0.211. The zero-order chi connectivity index (χ0) is 23.4. The summed E-state index contributed by atoms with van der Waals surface area (Å²) in [7, 11) is 1.00. The van der Waals surface area contributed by atoms with Gasteiger partial charge in [-0.2, -0.15) is 0 Å². The Labute approximate surface area is 195 Å². The molecule has 32 heavy (non-hydrogen) atoms. The molecular weight excluding hydrogens is 400 g/mol. The molecule has 1 aromatic carbocycles. The van der Waals surface area contributed by atoms with Crippen LogP contribution in [0.25, 0.3) is 0 Å². The third kappa shape index (κ3) is 8.32. The Hall–Kier alpha value is -2.31. The van der Waals surface area contributed by atoms with Gasteiger partial charge in [-0.25, -0.2) is 0 Å². The number of hydrogen-bond donors (Lipinski definition) is 5. The number of anilines is 1. The molecule has 7 N–H and O–H groups in total. The largest absolute Gasteiger partial charge is 0.412 e. The van der Waals surface area contributed by atoms with Crippen molar-refractivity contribution in [2.24, 2.45) is 11.8 Å². The summed E-state index contributed by atoms with van der Waals surface area (Å²) in [6, 6.07) is 6.68. The van der Waals surface area contributed by atoms with E-state index < -0.39 is 0 Å². The van der Waals surface area contributed by atoms with Gasteiger partial charge in [-0.1, -0.05) is 52.3 Å². The Morgan fingerprint density at radius 3 is 2.41 bits per heavy atom. The van der Waals surface area contributed by atoms with Gasteiger partial charge in [-0.05, 0) is 62.7 Å². The maximum Gasteiger partial charge on any atom is 0.0992 e. The first-order chi connectivity index (χ1) is 15.0. The van der Waals surface area contributed by atoms with Gasteiger partial charge in [0.1, 0.15) is 0 Å². The third-order valence-corrected chi connectivity index (χ3v) is 6.11. The minimum absolute atomic E-state index is 0. The summed E-state index contributed by atoms with van der Waals surface area (Å²) in [5, 5.41) is 25.8. The molecule has 1 aliphatic carbocycles. The molecule has 3 atom stereocenters. The molecule has 6 heteroatoms. The molecule has 0 unspecified atom stereocenters. The Kier molecular flexibility index (Phi) is 14.4. The van der Waals surface area contributed by atoms with Crippen LogP contribution in [0.4, 0.5) is 5.69 Å².